The van der Waals surface area contributed by atoms with Gasteiger partial charge in [0.2, 0.25) is 5.90 Å². The summed E-state index contributed by atoms with van der Waals surface area (Å²) in [4.78, 5) is 0.190. The van der Waals surface area contributed by atoms with E-state index in [-0.39, 0.29) is 17.4 Å². The molecule has 1 aliphatic heterocycles. The molecular weight excluding hydrogens is 252 g/mol. The smallest absolute Gasteiger partial charge is 0.286 e. The predicted octanol–water partition coefficient (Wildman–Crippen LogP) is 1.28. The topological polar surface area (TPSA) is 81.8 Å². The zero-order chi connectivity index (χ0) is 13.4. The van der Waals surface area contributed by atoms with Gasteiger partial charge in [-0.1, -0.05) is 19.1 Å². The molecule has 0 bridgehead atoms. The van der Waals surface area contributed by atoms with Crippen molar-refractivity contribution in [1.29, 1.82) is 0 Å². The van der Waals surface area contributed by atoms with Gasteiger partial charge in [-0.3, -0.25) is 0 Å². The van der Waals surface area contributed by atoms with Gasteiger partial charge in [0.25, 0.3) is 10.0 Å². The molecule has 0 aromatic heterocycles. The quantitative estimate of drug-likeness (QED) is 0.895. The van der Waals surface area contributed by atoms with Crippen LogP contribution in [-0.2, 0) is 14.8 Å². The molecule has 98 valence electrons. The third-order valence-electron chi connectivity index (χ3n) is 2.94. The van der Waals surface area contributed by atoms with E-state index in [1.807, 2.05) is 13.8 Å². The number of nitrogens with two attached hydrogens (primary N) is 1. The normalized spacial score (nSPS) is 19.8. The third-order valence-corrected chi connectivity index (χ3v) is 4.26. The Labute approximate surface area is 107 Å². The van der Waals surface area contributed by atoms with Gasteiger partial charge in [0.15, 0.2) is 0 Å². The van der Waals surface area contributed by atoms with E-state index in [0.29, 0.717) is 5.56 Å². The first-order valence-corrected chi connectivity index (χ1v) is 7.16. The number of nitrogens with zero attached hydrogens (tertiary/aromatic N) is 1. The van der Waals surface area contributed by atoms with Crippen molar-refractivity contribution in [2.24, 2.45) is 10.1 Å². The van der Waals surface area contributed by atoms with E-state index in [9.17, 15) is 8.42 Å². The van der Waals surface area contributed by atoms with Gasteiger partial charge in [-0.15, -0.1) is 4.40 Å². The molecule has 1 aliphatic rings. The van der Waals surface area contributed by atoms with Gasteiger partial charge < -0.3 is 10.5 Å². The van der Waals surface area contributed by atoms with Gasteiger partial charge in [-0.05, 0) is 25.5 Å². The first kappa shape index (κ1) is 13.0. The summed E-state index contributed by atoms with van der Waals surface area (Å²) in [5, 5.41) is 0. The van der Waals surface area contributed by atoms with Crippen LogP contribution in [0.5, 0.6) is 0 Å². The van der Waals surface area contributed by atoms with Crippen LogP contribution in [0.2, 0.25) is 0 Å². The minimum absolute atomic E-state index is 0.135. The highest BCUT2D eigenvalue weighted by Crippen LogP contribution is 2.26. The van der Waals surface area contributed by atoms with Crippen LogP contribution in [0.15, 0.2) is 33.6 Å². The summed E-state index contributed by atoms with van der Waals surface area (Å²) in [5.74, 6) is 0.135. The summed E-state index contributed by atoms with van der Waals surface area (Å²) in [6, 6.07) is 6.61. The second-order valence-electron chi connectivity index (χ2n) is 4.66. The van der Waals surface area contributed by atoms with Crippen molar-refractivity contribution in [3.63, 3.8) is 0 Å². The Morgan fingerprint density at radius 1 is 1.39 bits per heavy atom. The zero-order valence-electron chi connectivity index (χ0n) is 10.4. The SMILES string of the molecule is CCC(C)(N)COC1=NS(=O)(=O)c2ccccc21. The largest absolute Gasteiger partial charge is 0.475 e. The van der Waals surface area contributed by atoms with Crippen LogP contribution in [0.1, 0.15) is 25.8 Å². The van der Waals surface area contributed by atoms with Crippen molar-refractivity contribution in [2.75, 3.05) is 6.61 Å². The first-order valence-electron chi connectivity index (χ1n) is 5.72. The van der Waals surface area contributed by atoms with Crippen LogP contribution < -0.4 is 5.73 Å². The van der Waals surface area contributed by atoms with Crippen molar-refractivity contribution in [1.82, 2.24) is 0 Å². The van der Waals surface area contributed by atoms with Crippen LogP contribution in [0, 0.1) is 0 Å². The first-order chi connectivity index (χ1) is 8.36. The van der Waals surface area contributed by atoms with E-state index < -0.39 is 15.6 Å². The van der Waals surface area contributed by atoms with Gasteiger partial charge >= 0.3 is 0 Å². The number of sulfonamides is 1. The van der Waals surface area contributed by atoms with Crippen molar-refractivity contribution < 1.29 is 13.2 Å². The minimum Gasteiger partial charge on any atom is -0.475 e. The predicted molar refractivity (Wildman–Crippen MR) is 69.0 cm³/mol. The van der Waals surface area contributed by atoms with Gasteiger partial charge in [-0.25, -0.2) is 0 Å². The van der Waals surface area contributed by atoms with E-state index in [1.165, 1.54) is 6.07 Å². The molecule has 1 heterocycles. The lowest BCUT2D eigenvalue weighted by atomic mass is 10.0. The minimum atomic E-state index is -3.61. The van der Waals surface area contributed by atoms with E-state index in [2.05, 4.69) is 4.40 Å². The molecule has 0 fully saturated rings. The molecule has 1 aromatic carbocycles. The maximum Gasteiger partial charge on any atom is 0.286 e. The molecule has 1 atom stereocenters. The Morgan fingerprint density at radius 3 is 2.72 bits per heavy atom. The lowest BCUT2D eigenvalue weighted by Crippen LogP contribution is -2.41. The average Bonchev–Trinajstić information content (AvgIpc) is 2.60. The summed E-state index contributed by atoms with van der Waals surface area (Å²) in [7, 11) is -3.61. The van der Waals surface area contributed by atoms with E-state index in [0.717, 1.165) is 6.42 Å². The Kier molecular flexibility index (Phi) is 3.16. The molecule has 0 saturated heterocycles. The monoisotopic (exact) mass is 268 g/mol. The highest BCUT2D eigenvalue weighted by molar-refractivity contribution is 7.90. The van der Waals surface area contributed by atoms with Crippen molar-refractivity contribution in [3.05, 3.63) is 29.8 Å². The van der Waals surface area contributed by atoms with E-state index >= 15 is 0 Å². The number of rotatable bonds is 3. The van der Waals surface area contributed by atoms with Gasteiger partial charge in [-0.2, -0.15) is 8.42 Å². The van der Waals surface area contributed by atoms with Crippen molar-refractivity contribution in [3.8, 4) is 0 Å². The van der Waals surface area contributed by atoms with Gasteiger partial charge in [0.05, 0.1) is 5.56 Å². The molecule has 1 aromatic rings. The fraction of sp³-hybridized carbons (Fsp3) is 0.417. The van der Waals surface area contributed by atoms with Crippen LogP contribution >= 0.6 is 0 Å². The highest BCUT2D eigenvalue weighted by Gasteiger charge is 2.30. The summed E-state index contributed by atoms with van der Waals surface area (Å²) in [5.41, 5.74) is 5.96. The molecule has 1 unspecified atom stereocenters. The van der Waals surface area contributed by atoms with Gasteiger partial charge in [0, 0.05) is 5.54 Å². The summed E-state index contributed by atoms with van der Waals surface area (Å²) in [6.45, 7) is 4.03. The summed E-state index contributed by atoms with van der Waals surface area (Å²) in [6.07, 6.45) is 0.731. The van der Waals surface area contributed by atoms with Crippen LogP contribution in [0.4, 0.5) is 0 Å². The Bertz CT molecular complexity index is 591. The van der Waals surface area contributed by atoms with E-state index in [1.54, 1.807) is 18.2 Å². The molecule has 6 heteroatoms. The van der Waals surface area contributed by atoms with Gasteiger partial charge in [0.1, 0.15) is 11.5 Å². The summed E-state index contributed by atoms with van der Waals surface area (Å²) < 4.78 is 32.6. The van der Waals surface area contributed by atoms with Crippen molar-refractivity contribution in [2.45, 2.75) is 30.7 Å². The maximum absolute atomic E-state index is 11.8. The zero-order valence-corrected chi connectivity index (χ0v) is 11.2. The van der Waals surface area contributed by atoms with Crippen LogP contribution in [0.3, 0.4) is 0 Å². The highest BCUT2D eigenvalue weighted by atomic mass is 32.2. The number of hydrogen-bond donors (Lipinski definition) is 1. The van der Waals surface area contributed by atoms with Crippen molar-refractivity contribution >= 4 is 15.9 Å². The molecule has 0 amide bonds. The molecule has 0 aliphatic carbocycles. The molecule has 0 spiro atoms. The third kappa shape index (κ3) is 2.39. The fourth-order valence-electron chi connectivity index (χ4n) is 1.52. The number of fused-ring (bicyclic) bond motifs is 1. The Balaban J connectivity index is 2.27. The molecule has 18 heavy (non-hydrogen) atoms. The molecule has 0 radical (unpaired) electrons. The fourth-order valence-corrected chi connectivity index (χ4v) is 2.67. The van der Waals surface area contributed by atoms with Crippen LogP contribution in [0.25, 0.3) is 0 Å². The molecule has 5 nitrogen and oxygen atoms in total. The molecular formula is C12H16N2O3S. The lowest BCUT2D eigenvalue weighted by molar-refractivity contribution is 0.216. The van der Waals surface area contributed by atoms with Crippen LogP contribution in [-0.4, -0.2) is 26.5 Å². The average molecular weight is 268 g/mol. The Hall–Kier alpha value is -1.40. The molecule has 2 N–H and O–H groups in total. The number of ether oxygens (including phenoxy) is 1. The summed E-state index contributed by atoms with van der Waals surface area (Å²) >= 11 is 0. The maximum atomic E-state index is 11.8. The standard InChI is InChI=1S/C12H16N2O3S/c1-3-12(2,13)8-17-11-9-6-4-5-7-10(9)18(15,16)14-11/h4-7H,3,8,13H2,1-2H3. The van der Waals surface area contributed by atoms with E-state index in [4.69, 9.17) is 10.5 Å². The molecule has 0 saturated carbocycles. The number of benzene rings is 1. The lowest BCUT2D eigenvalue weighted by Gasteiger charge is -2.22. The second-order valence-corrected chi connectivity index (χ2v) is 6.24. The Morgan fingerprint density at radius 2 is 2.06 bits per heavy atom. The second kappa shape index (κ2) is 4.37. The number of hydrogen-bond acceptors (Lipinski definition) is 4. The molecule has 2 rings (SSSR count).